The highest BCUT2D eigenvalue weighted by molar-refractivity contribution is 14.1. The number of thiocarbonyl (C=S) groups is 1. The summed E-state index contributed by atoms with van der Waals surface area (Å²) in [5, 5.41) is 0. The van der Waals surface area contributed by atoms with Gasteiger partial charge in [-0.15, -0.1) is 0 Å². The summed E-state index contributed by atoms with van der Waals surface area (Å²) >= 11 is 7.88. The molecule has 0 unspecified atom stereocenters. The molecule has 0 atom stereocenters. The Morgan fingerprint density at radius 1 is 1.07 bits per heavy atom. The van der Waals surface area contributed by atoms with Gasteiger partial charge >= 0.3 is 0 Å². The third-order valence-corrected chi connectivity index (χ3v) is 5.85. The van der Waals surface area contributed by atoms with E-state index in [2.05, 4.69) is 27.5 Å². The third kappa shape index (κ3) is 5.46. The molecule has 2 aliphatic heterocycles. The van der Waals surface area contributed by atoms with E-state index in [9.17, 15) is 4.79 Å². The molecule has 1 amide bonds. The number of halogens is 1. The maximum atomic E-state index is 12.4. The second-order valence-electron chi connectivity index (χ2n) is 6.40. The monoisotopic (exact) mass is 520 g/mol. The summed E-state index contributed by atoms with van der Waals surface area (Å²) < 4.78 is 23.2. The third-order valence-electron chi connectivity index (χ3n) is 4.56. The van der Waals surface area contributed by atoms with Gasteiger partial charge in [-0.3, -0.25) is 4.79 Å². The summed E-state index contributed by atoms with van der Waals surface area (Å²) in [7, 11) is 0. The molecule has 2 heterocycles. The first-order chi connectivity index (χ1) is 13.6. The minimum Gasteiger partial charge on any atom is -0.490 e. The Balaban J connectivity index is 1.73. The molecule has 3 rings (SSSR count). The highest BCUT2D eigenvalue weighted by atomic mass is 127. The zero-order valence-electron chi connectivity index (χ0n) is 15.9. The lowest BCUT2D eigenvalue weighted by molar-refractivity contribution is -0.137. The fraction of sp³-hybridized carbons (Fsp3) is 0.579. The summed E-state index contributed by atoms with van der Waals surface area (Å²) in [6.07, 6.45) is 0. The van der Waals surface area contributed by atoms with Crippen LogP contribution in [0.1, 0.15) is 12.5 Å². The molecular weight excluding hydrogens is 495 g/mol. The molecule has 2 fully saturated rings. The van der Waals surface area contributed by atoms with Crippen molar-refractivity contribution in [1.29, 1.82) is 0 Å². The van der Waals surface area contributed by atoms with Crippen LogP contribution in [-0.2, 0) is 14.3 Å². The van der Waals surface area contributed by atoms with Crippen LogP contribution in [0, 0.1) is 3.57 Å². The van der Waals surface area contributed by atoms with Crippen molar-refractivity contribution in [3.63, 3.8) is 0 Å². The van der Waals surface area contributed by atoms with E-state index in [1.54, 1.807) is 4.90 Å². The molecule has 1 aromatic rings. The number of rotatable bonds is 6. The molecule has 2 saturated heterocycles. The number of amides is 1. The Hall–Kier alpha value is -1.17. The number of benzene rings is 1. The summed E-state index contributed by atoms with van der Waals surface area (Å²) in [6.45, 7) is 7.67. The molecule has 9 heteroatoms. The average Bonchev–Trinajstić information content (AvgIpc) is 2.73. The van der Waals surface area contributed by atoms with E-state index < -0.39 is 0 Å². The van der Waals surface area contributed by atoms with Gasteiger partial charge < -0.3 is 28.7 Å². The SMILES string of the molecule is CCOc1cc(C(=S)N2CCOCC2)cc(I)c1OCC(=O)N1CCOCC1. The van der Waals surface area contributed by atoms with E-state index >= 15 is 0 Å². The van der Waals surface area contributed by atoms with Gasteiger partial charge in [0.15, 0.2) is 18.1 Å². The van der Waals surface area contributed by atoms with Crippen LogP contribution in [0.15, 0.2) is 12.1 Å². The van der Waals surface area contributed by atoms with Crippen molar-refractivity contribution in [2.45, 2.75) is 6.92 Å². The summed E-state index contributed by atoms with van der Waals surface area (Å²) in [5.74, 6) is 1.14. The van der Waals surface area contributed by atoms with Gasteiger partial charge in [0.2, 0.25) is 0 Å². The minimum absolute atomic E-state index is 0.0245. The van der Waals surface area contributed by atoms with Crippen LogP contribution in [0.25, 0.3) is 0 Å². The molecule has 0 N–H and O–H groups in total. The maximum Gasteiger partial charge on any atom is 0.260 e. The number of carbonyl (C=O) groups is 1. The lowest BCUT2D eigenvalue weighted by Gasteiger charge is -2.29. The van der Waals surface area contributed by atoms with Crippen LogP contribution in [0.5, 0.6) is 11.5 Å². The Bertz CT molecular complexity index is 706. The van der Waals surface area contributed by atoms with Crippen molar-refractivity contribution in [2.24, 2.45) is 0 Å². The average molecular weight is 520 g/mol. The topological polar surface area (TPSA) is 60.5 Å². The Morgan fingerprint density at radius 3 is 2.29 bits per heavy atom. The number of ether oxygens (including phenoxy) is 4. The van der Waals surface area contributed by atoms with Crippen LogP contribution in [-0.4, -0.2) is 86.5 Å². The van der Waals surface area contributed by atoms with Crippen LogP contribution >= 0.6 is 34.8 Å². The van der Waals surface area contributed by atoms with Gasteiger partial charge in [0, 0.05) is 31.7 Å². The molecule has 0 aliphatic carbocycles. The zero-order chi connectivity index (χ0) is 19.9. The highest BCUT2D eigenvalue weighted by Gasteiger charge is 2.22. The van der Waals surface area contributed by atoms with E-state index in [0.717, 1.165) is 27.2 Å². The standard InChI is InChI=1S/C19H25IN2O5S/c1-2-26-16-12-14(19(28)22-5-9-25-10-6-22)11-15(20)18(16)27-13-17(23)21-3-7-24-8-4-21/h11-12H,2-10,13H2,1H3. The lowest BCUT2D eigenvalue weighted by atomic mass is 10.1. The molecule has 0 aromatic heterocycles. The van der Waals surface area contributed by atoms with Crippen LogP contribution < -0.4 is 9.47 Å². The number of hydrogen-bond donors (Lipinski definition) is 0. The van der Waals surface area contributed by atoms with Gasteiger partial charge in [0.25, 0.3) is 5.91 Å². The van der Waals surface area contributed by atoms with E-state index in [-0.39, 0.29) is 12.5 Å². The molecule has 0 spiro atoms. The molecular formula is C19H25IN2O5S. The largest absolute Gasteiger partial charge is 0.490 e. The first-order valence-electron chi connectivity index (χ1n) is 9.42. The molecule has 28 heavy (non-hydrogen) atoms. The molecule has 0 radical (unpaired) electrons. The Kier molecular flexibility index (Phi) is 8.12. The Morgan fingerprint density at radius 2 is 1.68 bits per heavy atom. The number of hydrogen-bond acceptors (Lipinski definition) is 6. The van der Waals surface area contributed by atoms with Gasteiger partial charge in [-0.2, -0.15) is 0 Å². The number of morpholine rings is 2. The van der Waals surface area contributed by atoms with Gasteiger partial charge in [-0.25, -0.2) is 0 Å². The zero-order valence-corrected chi connectivity index (χ0v) is 18.9. The van der Waals surface area contributed by atoms with Gasteiger partial charge in [-0.05, 0) is 41.6 Å². The van der Waals surface area contributed by atoms with Gasteiger partial charge in [-0.1, -0.05) is 12.2 Å². The van der Waals surface area contributed by atoms with Gasteiger partial charge in [0.1, 0.15) is 4.99 Å². The van der Waals surface area contributed by atoms with Crippen molar-refractivity contribution in [2.75, 3.05) is 65.8 Å². The van der Waals surface area contributed by atoms with Crippen LogP contribution in [0.3, 0.4) is 0 Å². The molecule has 7 nitrogen and oxygen atoms in total. The smallest absolute Gasteiger partial charge is 0.260 e. The fourth-order valence-electron chi connectivity index (χ4n) is 3.08. The second-order valence-corrected chi connectivity index (χ2v) is 7.95. The van der Waals surface area contributed by atoms with E-state index in [1.807, 2.05) is 19.1 Å². The predicted molar refractivity (Wildman–Crippen MR) is 117 cm³/mol. The molecule has 0 saturated carbocycles. The van der Waals surface area contributed by atoms with Crippen molar-refractivity contribution in [1.82, 2.24) is 9.80 Å². The summed E-state index contributed by atoms with van der Waals surface area (Å²) in [6, 6.07) is 3.88. The highest BCUT2D eigenvalue weighted by Crippen LogP contribution is 2.35. The Labute approximate surface area is 184 Å². The minimum atomic E-state index is -0.0468. The maximum absolute atomic E-state index is 12.4. The predicted octanol–water partition coefficient (Wildman–Crippen LogP) is 1.94. The van der Waals surface area contributed by atoms with Crippen molar-refractivity contribution >= 4 is 45.7 Å². The van der Waals surface area contributed by atoms with E-state index in [4.69, 9.17) is 31.2 Å². The summed E-state index contributed by atoms with van der Waals surface area (Å²) in [4.78, 5) is 17.1. The summed E-state index contributed by atoms with van der Waals surface area (Å²) in [5.41, 5.74) is 0.914. The lowest BCUT2D eigenvalue weighted by Crippen LogP contribution is -2.43. The number of nitrogens with zero attached hydrogens (tertiary/aromatic N) is 2. The number of carbonyl (C=O) groups excluding carboxylic acids is 1. The normalized spacial score (nSPS) is 17.4. The van der Waals surface area contributed by atoms with E-state index in [0.29, 0.717) is 57.6 Å². The van der Waals surface area contributed by atoms with Gasteiger partial charge in [0.05, 0.1) is 36.6 Å². The van der Waals surface area contributed by atoms with E-state index in [1.165, 1.54) is 0 Å². The molecule has 0 bridgehead atoms. The molecule has 1 aromatic carbocycles. The first-order valence-corrected chi connectivity index (χ1v) is 10.9. The first kappa shape index (κ1) is 21.5. The second kappa shape index (κ2) is 10.6. The molecule has 154 valence electrons. The van der Waals surface area contributed by atoms with Crippen molar-refractivity contribution in [3.05, 3.63) is 21.3 Å². The molecule has 2 aliphatic rings. The fourth-order valence-corrected chi connectivity index (χ4v) is 4.14. The van der Waals surface area contributed by atoms with Crippen LogP contribution in [0.2, 0.25) is 0 Å². The van der Waals surface area contributed by atoms with Crippen LogP contribution in [0.4, 0.5) is 0 Å². The van der Waals surface area contributed by atoms with Crippen molar-refractivity contribution in [3.8, 4) is 11.5 Å². The quantitative estimate of drug-likeness (QED) is 0.420. The van der Waals surface area contributed by atoms with Crippen molar-refractivity contribution < 1.29 is 23.7 Å².